The van der Waals surface area contributed by atoms with Crippen LogP contribution in [0.25, 0.3) is 5.57 Å². The van der Waals surface area contributed by atoms with E-state index in [1.165, 1.54) is 28.8 Å². The van der Waals surface area contributed by atoms with Gasteiger partial charge in [-0.3, -0.25) is 4.98 Å². The van der Waals surface area contributed by atoms with Crippen LogP contribution in [0, 0.1) is 11.8 Å². The molecule has 1 N–H and O–H groups in total. The highest BCUT2D eigenvalue weighted by molar-refractivity contribution is 7.80. The maximum absolute atomic E-state index is 7.03. The lowest BCUT2D eigenvalue weighted by molar-refractivity contribution is 0.357. The summed E-state index contributed by atoms with van der Waals surface area (Å²) in [6, 6.07) is 19.1. The maximum Gasteiger partial charge on any atom is 0.174 e. The first-order chi connectivity index (χ1) is 19.5. The molecule has 3 aromatic rings. The van der Waals surface area contributed by atoms with Crippen molar-refractivity contribution in [2.75, 3.05) is 34.8 Å². The minimum Gasteiger partial charge on any atom is -0.370 e. The molecule has 41 heavy (non-hydrogen) atoms. The standard InChI is InChI=1S/C34H40ClN5S/c1-21-15-22(2)20-39(19-21)30-13-11-25(17-27(30)35)40-32(31(37-33(40)41)28-9-7-8-14-36-28)24-10-12-29-26(16-24)23(3)18-34(4,5)38(29)6/h7-14,16-18,21-22,31-32H,15,19-20H2,1-6H3,(H,37,41)/t21-,22-,31-,32+/m0/s1. The number of halogens is 1. The molecule has 0 unspecified atom stereocenters. The van der Waals surface area contributed by atoms with Gasteiger partial charge in [-0.2, -0.15) is 0 Å². The summed E-state index contributed by atoms with van der Waals surface area (Å²) in [6.45, 7) is 13.4. The van der Waals surface area contributed by atoms with E-state index in [2.05, 4.69) is 110 Å². The second-order valence-electron chi connectivity index (χ2n) is 12.8. The van der Waals surface area contributed by atoms with Gasteiger partial charge in [0, 0.05) is 43.3 Å². The maximum atomic E-state index is 7.03. The minimum atomic E-state index is -0.106. The van der Waals surface area contributed by atoms with Crippen molar-refractivity contribution in [2.24, 2.45) is 11.8 Å². The predicted octanol–water partition coefficient (Wildman–Crippen LogP) is 8.03. The number of nitrogens with zero attached hydrogens (tertiary/aromatic N) is 4. The number of anilines is 3. The molecule has 0 saturated carbocycles. The Labute approximate surface area is 255 Å². The third-order valence-corrected chi connectivity index (χ3v) is 9.72. The Balaban J connectivity index is 1.42. The smallest absolute Gasteiger partial charge is 0.174 e. The number of pyridine rings is 1. The summed E-state index contributed by atoms with van der Waals surface area (Å²) in [4.78, 5) is 11.8. The van der Waals surface area contributed by atoms with Gasteiger partial charge < -0.3 is 20.0 Å². The quantitative estimate of drug-likeness (QED) is 0.312. The van der Waals surface area contributed by atoms with Gasteiger partial charge in [0.2, 0.25) is 0 Å². The van der Waals surface area contributed by atoms with Gasteiger partial charge in [-0.1, -0.05) is 43.7 Å². The molecule has 4 atom stereocenters. The first-order valence-corrected chi connectivity index (χ1v) is 15.4. The molecule has 0 aliphatic carbocycles. The van der Waals surface area contributed by atoms with E-state index in [4.69, 9.17) is 28.8 Å². The molecule has 7 heteroatoms. The Bertz CT molecular complexity index is 1490. The second-order valence-corrected chi connectivity index (χ2v) is 13.6. The predicted molar refractivity (Wildman–Crippen MR) is 177 cm³/mol. The van der Waals surface area contributed by atoms with E-state index in [-0.39, 0.29) is 17.6 Å². The SMILES string of the molecule is CC1=CC(C)(C)N(C)c2ccc([C@@H]3[C@H](c4ccccn4)NC(=S)N3c3ccc(N4C[C@@H](C)C[C@H](C)C4)c(Cl)c3)cc21. The monoisotopic (exact) mass is 585 g/mol. The summed E-state index contributed by atoms with van der Waals surface area (Å²) in [5.41, 5.74) is 7.98. The molecule has 0 spiro atoms. The normalized spacial score (nSPS) is 25.6. The number of nitrogens with one attached hydrogen (secondary N) is 1. The molecule has 6 rings (SSSR count). The number of benzene rings is 2. The molecular formula is C34H40ClN5S. The van der Waals surface area contributed by atoms with Crippen LogP contribution < -0.4 is 20.0 Å². The van der Waals surface area contributed by atoms with Gasteiger partial charge in [-0.15, -0.1) is 0 Å². The summed E-state index contributed by atoms with van der Waals surface area (Å²) in [5.74, 6) is 1.30. The number of allylic oxidation sites excluding steroid dienone is 1. The number of hydrogen-bond donors (Lipinski definition) is 1. The highest BCUT2D eigenvalue weighted by atomic mass is 35.5. The molecule has 0 amide bonds. The molecule has 1 aromatic heterocycles. The van der Waals surface area contributed by atoms with E-state index < -0.39 is 0 Å². The highest BCUT2D eigenvalue weighted by Crippen LogP contribution is 2.46. The van der Waals surface area contributed by atoms with Crippen LogP contribution in [-0.2, 0) is 0 Å². The van der Waals surface area contributed by atoms with E-state index in [9.17, 15) is 0 Å². The van der Waals surface area contributed by atoms with Gasteiger partial charge in [0.05, 0.1) is 34.0 Å². The molecule has 0 bridgehead atoms. The number of rotatable bonds is 4. The molecule has 2 fully saturated rings. The molecule has 4 heterocycles. The van der Waals surface area contributed by atoms with Crippen molar-refractivity contribution in [1.29, 1.82) is 0 Å². The molecule has 3 aliphatic rings. The zero-order valence-electron chi connectivity index (χ0n) is 24.9. The third-order valence-electron chi connectivity index (χ3n) is 9.10. The van der Waals surface area contributed by atoms with Crippen molar-refractivity contribution in [1.82, 2.24) is 10.3 Å². The lowest BCUT2D eigenvalue weighted by atomic mass is 9.86. The summed E-state index contributed by atoms with van der Waals surface area (Å²) in [6.07, 6.45) is 5.47. The minimum absolute atomic E-state index is 0.0416. The molecule has 2 saturated heterocycles. The van der Waals surface area contributed by atoms with Crippen molar-refractivity contribution in [3.63, 3.8) is 0 Å². The largest absolute Gasteiger partial charge is 0.370 e. The van der Waals surface area contributed by atoms with Gasteiger partial charge in [0.15, 0.2) is 5.11 Å². The summed E-state index contributed by atoms with van der Waals surface area (Å²) >= 11 is 13.0. The number of thiocarbonyl (C=S) groups is 1. The Morgan fingerprint density at radius 1 is 1.00 bits per heavy atom. The van der Waals surface area contributed by atoms with Gasteiger partial charge >= 0.3 is 0 Å². The Hall–Kier alpha value is -3.09. The van der Waals surface area contributed by atoms with Crippen LogP contribution in [0.3, 0.4) is 0 Å². The first kappa shape index (κ1) is 28.0. The topological polar surface area (TPSA) is 34.6 Å². The summed E-state index contributed by atoms with van der Waals surface area (Å²) < 4.78 is 0. The molecule has 2 aromatic carbocycles. The number of piperidine rings is 1. The number of fused-ring (bicyclic) bond motifs is 1. The fraction of sp³-hybridized carbons (Fsp3) is 0.412. The van der Waals surface area contributed by atoms with Crippen molar-refractivity contribution < 1.29 is 0 Å². The number of aromatic nitrogens is 1. The molecule has 3 aliphatic heterocycles. The van der Waals surface area contributed by atoms with Gasteiger partial charge in [0.25, 0.3) is 0 Å². The van der Waals surface area contributed by atoms with E-state index in [0.717, 1.165) is 35.2 Å². The molecule has 5 nitrogen and oxygen atoms in total. The van der Waals surface area contributed by atoms with Crippen LogP contribution in [0.15, 0.2) is 66.9 Å². The van der Waals surface area contributed by atoms with Gasteiger partial charge in [-0.05, 0) is 105 Å². The Morgan fingerprint density at radius 3 is 2.41 bits per heavy atom. The summed E-state index contributed by atoms with van der Waals surface area (Å²) in [7, 11) is 2.17. The van der Waals surface area contributed by atoms with Crippen LogP contribution in [0.2, 0.25) is 5.02 Å². The molecular weight excluding hydrogens is 546 g/mol. The molecule has 0 radical (unpaired) electrons. The Kier molecular flexibility index (Phi) is 7.27. The van der Waals surface area contributed by atoms with E-state index in [1.54, 1.807) is 0 Å². The average Bonchev–Trinajstić information content (AvgIpc) is 3.28. The van der Waals surface area contributed by atoms with Crippen LogP contribution in [0.5, 0.6) is 0 Å². The van der Waals surface area contributed by atoms with Gasteiger partial charge in [0.1, 0.15) is 0 Å². The fourth-order valence-electron chi connectivity index (χ4n) is 7.09. The number of likely N-dealkylation sites (N-methyl/N-ethyl adjacent to an activating group) is 1. The third kappa shape index (κ3) is 5.10. The zero-order chi connectivity index (χ0) is 29.1. The lowest BCUT2D eigenvalue weighted by Gasteiger charge is -2.41. The highest BCUT2D eigenvalue weighted by Gasteiger charge is 2.41. The zero-order valence-corrected chi connectivity index (χ0v) is 26.4. The first-order valence-electron chi connectivity index (χ1n) is 14.7. The fourth-order valence-corrected chi connectivity index (χ4v) is 7.73. The van der Waals surface area contributed by atoms with Crippen molar-refractivity contribution >= 4 is 51.6 Å². The van der Waals surface area contributed by atoms with Crippen LogP contribution in [0.1, 0.15) is 69.9 Å². The van der Waals surface area contributed by atoms with Crippen LogP contribution in [0.4, 0.5) is 17.1 Å². The molecule has 214 valence electrons. The average molecular weight is 586 g/mol. The number of hydrogen-bond acceptors (Lipinski definition) is 4. The van der Waals surface area contributed by atoms with Crippen molar-refractivity contribution in [3.8, 4) is 0 Å². The van der Waals surface area contributed by atoms with Crippen molar-refractivity contribution in [2.45, 2.75) is 58.7 Å². The van der Waals surface area contributed by atoms with Crippen LogP contribution in [-0.4, -0.2) is 35.8 Å². The summed E-state index contributed by atoms with van der Waals surface area (Å²) in [5, 5.41) is 5.05. The van der Waals surface area contributed by atoms with E-state index in [0.29, 0.717) is 16.9 Å². The van der Waals surface area contributed by atoms with Gasteiger partial charge in [-0.25, -0.2) is 0 Å². The second kappa shape index (κ2) is 10.6. The van der Waals surface area contributed by atoms with E-state index in [1.807, 2.05) is 18.3 Å². The van der Waals surface area contributed by atoms with E-state index >= 15 is 0 Å². The van der Waals surface area contributed by atoms with Crippen molar-refractivity contribution in [3.05, 3.63) is 88.7 Å². The van der Waals surface area contributed by atoms with Crippen LogP contribution >= 0.6 is 23.8 Å². The lowest BCUT2D eigenvalue weighted by Crippen LogP contribution is -2.42. The Morgan fingerprint density at radius 2 is 1.73 bits per heavy atom.